The van der Waals surface area contributed by atoms with E-state index in [0.29, 0.717) is 0 Å². The van der Waals surface area contributed by atoms with E-state index in [2.05, 4.69) is 12.1 Å². The molecule has 1 saturated heterocycles. The van der Waals surface area contributed by atoms with Gasteiger partial charge < -0.3 is 9.64 Å². The van der Waals surface area contributed by atoms with Gasteiger partial charge in [-0.25, -0.2) is 9.78 Å². The molecule has 0 bridgehead atoms. The van der Waals surface area contributed by atoms with Crippen molar-refractivity contribution in [1.29, 1.82) is 0 Å². The van der Waals surface area contributed by atoms with E-state index in [9.17, 15) is 4.79 Å². The van der Waals surface area contributed by atoms with Crippen LogP contribution in [0, 0.1) is 0 Å². The van der Waals surface area contributed by atoms with Crippen LogP contribution in [0.2, 0.25) is 0 Å². The number of amides is 1. The topological polar surface area (TPSA) is 42.4 Å². The van der Waals surface area contributed by atoms with E-state index in [1.54, 1.807) is 0 Å². The predicted molar refractivity (Wildman–Crippen MR) is 106 cm³/mol. The number of nitrogens with zero attached hydrogens (tertiary/aromatic N) is 2. The number of hydrogen-bond donors (Lipinski definition) is 0. The van der Waals surface area contributed by atoms with Crippen molar-refractivity contribution in [3.8, 4) is 0 Å². The second kappa shape index (κ2) is 8.64. The molecule has 0 spiro atoms. The molecule has 1 aromatic heterocycles. The van der Waals surface area contributed by atoms with Gasteiger partial charge in [-0.1, -0.05) is 25.3 Å². The minimum absolute atomic E-state index is 0.0832. The summed E-state index contributed by atoms with van der Waals surface area (Å²) >= 11 is 1.92. The molecule has 0 aromatic carbocycles. The molecule has 4 nitrogen and oxygen atoms in total. The SMILES string of the molecule is CC(C)(C)OC(=O)N1CCCC[C@@H]1c1ccc(SC2CCCCC2)nc1. The monoisotopic (exact) mass is 376 g/mol. The Morgan fingerprint density at radius 3 is 2.50 bits per heavy atom. The van der Waals surface area contributed by atoms with Gasteiger partial charge in [0, 0.05) is 18.0 Å². The highest BCUT2D eigenvalue weighted by atomic mass is 32.2. The van der Waals surface area contributed by atoms with Crippen molar-refractivity contribution >= 4 is 17.9 Å². The van der Waals surface area contributed by atoms with Gasteiger partial charge in [0.25, 0.3) is 0 Å². The summed E-state index contributed by atoms with van der Waals surface area (Å²) < 4.78 is 5.62. The van der Waals surface area contributed by atoms with E-state index in [4.69, 9.17) is 9.72 Å². The molecule has 1 atom stereocenters. The number of aromatic nitrogens is 1. The Labute approximate surface area is 162 Å². The van der Waals surface area contributed by atoms with Crippen LogP contribution in [0.5, 0.6) is 0 Å². The van der Waals surface area contributed by atoms with Crippen molar-refractivity contribution in [2.75, 3.05) is 6.54 Å². The molecule has 2 aliphatic rings. The van der Waals surface area contributed by atoms with Crippen molar-refractivity contribution < 1.29 is 9.53 Å². The van der Waals surface area contributed by atoms with E-state index < -0.39 is 5.60 Å². The van der Waals surface area contributed by atoms with Crippen molar-refractivity contribution in [2.24, 2.45) is 0 Å². The number of pyridine rings is 1. The minimum Gasteiger partial charge on any atom is -0.444 e. The molecule has 1 aromatic rings. The lowest BCUT2D eigenvalue weighted by atomic mass is 9.97. The molecule has 0 unspecified atom stereocenters. The molecule has 26 heavy (non-hydrogen) atoms. The zero-order valence-corrected chi connectivity index (χ0v) is 17.2. The molecular formula is C21H32N2O2S. The summed E-state index contributed by atoms with van der Waals surface area (Å²) in [5.41, 5.74) is 0.668. The summed E-state index contributed by atoms with van der Waals surface area (Å²) in [6.07, 6.45) is 11.6. The first kappa shape index (κ1) is 19.5. The fourth-order valence-corrected chi connectivity index (χ4v) is 5.00. The van der Waals surface area contributed by atoms with Gasteiger partial charge in [-0.05, 0) is 64.5 Å². The molecule has 2 heterocycles. The molecule has 0 N–H and O–H groups in total. The van der Waals surface area contributed by atoms with Gasteiger partial charge in [-0.15, -0.1) is 11.8 Å². The Hall–Kier alpha value is -1.23. The molecule has 0 radical (unpaired) electrons. The zero-order chi connectivity index (χ0) is 18.6. The van der Waals surface area contributed by atoms with Crippen LogP contribution in [-0.2, 0) is 4.74 Å². The van der Waals surface area contributed by atoms with E-state index >= 15 is 0 Å². The molecule has 144 valence electrons. The molecule has 1 saturated carbocycles. The number of carbonyl (C=O) groups is 1. The van der Waals surface area contributed by atoms with Gasteiger partial charge in [-0.2, -0.15) is 0 Å². The van der Waals surface area contributed by atoms with Crippen molar-refractivity contribution in [1.82, 2.24) is 9.88 Å². The van der Waals surface area contributed by atoms with E-state index in [-0.39, 0.29) is 12.1 Å². The second-order valence-electron chi connectivity index (χ2n) is 8.49. The van der Waals surface area contributed by atoms with Gasteiger partial charge in [0.05, 0.1) is 11.1 Å². The minimum atomic E-state index is -0.460. The summed E-state index contributed by atoms with van der Waals surface area (Å²) in [6.45, 7) is 6.52. The lowest BCUT2D eigenvalue weighted by Crippen LogP contribution is -2.41. The van der Waals surface area contributed by atoms with Crippen molar-refractivity contribution in [3.63, 3.8) is 0 Å². The normalized spacial score (nSPS) is 22.3. The Bertz CT molecular complexity index is 591. The lowest BCUT2D eigenvalue weighted by molar-refractivity contribution is 0.00947. The summed E-state index contributed by atoms with van der Waals surface area (Å²) in [5, 5.41) is 1.83. The highest BCUT2D eigenvalue weighted by Crippen LogP contribution is 2.35. The van der Waals surface area contributed by atoms with Crippen LogP contribution in [0.1, 0.15) is 83.7 Å². The van der Waals surface area contributed by atoms with Gasteiger partial charge in [-0.3, -0.25) is 0 Å². The largest absolute Gasteiger partial charge is 0.444 e. The highest BCUT2D eigenvalue weighted by Gasteiger charge is 2.31. The van der Waals surface area contributed by atoms with E-state index in [1.807, 2.05) is 43.6 Å². The fraction of sp³-hybridized carbons (Fsp3) is 0.714. The lowest BCUT2D eigenvalue weighted by Gasteiger charge is -2.37. The smallest absolute Gasteiger partial charge is 0.410 e. The maximum Gasteiger partial charge on any atom is 0.410 e. The van der Waals surface area contributed by atoms with E-state index in [0.717, 1.165) is 41.6 Å². The Kier molecular flexibility index (Phi) is 6.49. The van der Waals surface area contributed by atoms with Crippen LogP contribution in [-0.4, -0.2) is 33.4 Å². The van der Waals surface area contributed by atoms with Crippen LogP contribution in [0.15, 0.2) is 23.4 Å². The Morgan fingerprint density at radius 1 is 1.12 bits per heavy atom. The number of carbonyl (C=O) groups excluding carboxylic acids is 1. The van der Waals surface area contributed by atoms with E-state index in [1.165, 1.54) is 32.1 Å². The summed E-state index contributed by atoms with van der Waals surface area (Å²) in [4.78, 5) is 19.2. The molecule has 1 aliphatic heterocycles. The molecule has 5 heteroatoms. The predicted octanol–water partition coefficient (Wildman–Crippen LogP) is 5.97. The molecule has 3 rings (SSSR count). The number of piperidine rings is 1. The molecule has 1 aliphatic carbocycles. The third-order valence-electron chi connectivity index (χ3n) is 5.11. The van der Waals surface area contributed by atoms with Crippen molar-refractivity contribution in [2.45, 2.75) is 94.1 Å². The van der Waals surface area contributed by atoms with Gasteiger partial charge >= 0.3 is 6.09 Å². The quantitative estimate of drug-likeness (QED) is 0.652. The van der Waals surface area contributed by atoms with Crippen LogP contribution >= 0.6 is 11.8 Å². The maximum atomic E-state index is 12.6. The van der Waals surface area contributed by atoms with Crippen LogP contribution < -0.4 is 0 Å². The number of likely N-dealkylation sites (tertiary alicyclic amines) is 1. The maximum absolute atomic E-state index is 12.6. The van der Waals surface area contributed by atoms with Crippen LogP contribution in [0.3, 0.4) is 0 Å². The summed E-state index contributed by atoms with van der Waals surface area (Å²) in [5.74, 6) is 0. The summed E-state index contributed by atoms with van der Waals surface area (Å²) in [7, 11) is 0. The number of thioether (sulfide) groups is 1. The van der Waals surface area contributed by atoms with Gasteiger partial charge in [0.15, 0.2) is 0 Å². The first-order chi connectivity index (χ1) is 12.4. The van der Waals surface area contributed by atoms with Crippen LogP contribution in [0.4, 0.5) is 4.79 Å². The fourth-order valence-electron chi connectivity index (χ4n) is 3.83. The number of hydrogen-bond acceptors (Lipinski definition) is 4. The second-order valence-corrected chi connectivity index (χ2v) is 9.81. The average molecular weight is 377 g/mol. The first-order valence-corrected chi connectivity index (χ1v) is 10.9. The van der Waals surface area contributed by atoms with Crippen molar-refractivity contribution in [3.05, 3.63) is 23.9 Å². The highest BCUT2D eigenvalue weighted by molar-refractivity contribution is 7.99. The Morgan fingerprint density at radius 2 is 1.85 bits per heavy atom. The Balaban J connectivity index is 1.66. The molecule has 1 amide bonds. The molecular weight excluding hydrogens is 344 g/mol. The third kappa shape index (κ3) is 5.38. The first-order valence-electron chi connectivity index (χ1n) is 10.0. The summed E-state index contributed by atoms with van der Waals surface area (Å²) in [6, 6.07) is 4.38. The van der Waals surface area contributed by atoms with Gasteiger partial charge in [0.2, 0.25) is 0 Å². The standard InChI is InChI=1S/C21H32N2O2S/c1-21(2,3)25-20(24)23-14-8-7-11-18(23)16-12-13-19(22-15-16)26-17-9-5-4-6-10-17/h12-13,15,17-18H,4-11,14H2,1-3H3/t18-/m1/s1. The average Bonchev–Trinajstić information content (AvgIpc) is 2.62. The number of rotatable bonds is 3. The van der Waals surface area contributed by atoms with Crippen LogP contribution in [0.25, 0.3) is 0 Å². The molecule has 2 fully saturated rings. The number of ether oxygens (including phenoxy) is 1. The zero-order valence-electron chi connectivity index (χ0n) is 16.4. The third-order valence-corrected chi connectivity index (χ3v) is 6.40. The van der Waals surface area contributed by atoms with Gasteiger partial charge in [0.1, 0.15) is 5.60 Å².